The van der Waals surface area contributed by atoms with E-state index in [4.69, 9.17) is 5.26 Å². The number of carbonyl (C=O) groups is 1. The first kappa shape index (κ1) is 10.9. The summed E-state index contributed by atoms with van der Waals surface area (Å²) in [5.74, 6) is 0.0512. The van der Waals surface area contributed by atoms with Crippen LogP contribution >= 0.6 is 0 Å². The highest BCUT2D eigenvalue weighted by Crippen LogP contribution is 1.90. The Hall–Kier alpha value is -1.08. The van der Waals surface area contributed by atoms with E-state index in [1.807, 2.05) is 13.0 Å². The number of rotatable bonds is 5. The third-order valence-electron chi connectivity index (χ3n) is 1.56. The average Bonchev–Trinajstić information content (AvgIpc) is 2.06. The van der Waals surface area contributed by atoms with E-state index in [2.05, 4.69) is 5.32 Å². The lowest BCUT2D eigenvalue weighted by atomic mass is 10.4. The fraction of sp³-hybridized carbons (Fsp3) is 0.750. The summed E-state index contributed by atoms with van der Waals surface area (Å²) in [6, 6.07) is 2.02. The van der Waals surface area contributed by atoms with Gasteiger partial charge in [0, 0.05) is 13.1 Å². The zero-order chi connectivity index (χ0) is 9.40. The minimum Gasteiger partial charge on any atom is -0.341 e. The van der Waals surface area contributed by atoms with Crippen LogP contribution < -0.4 is 5.32 Å². The van der Waals surface area contributed by atoms with E-state index in [0.29, 0.717) is 26.1 Å². The molecule has 0 saturated carbocycles. The van der Waals surface area contributed by atoms with Crippen LogP contribution in [-0.4, -0.2) is 37.5 Å². The van der Waals surface area contributed by atoms with Crippen molar-refractivity contribution >= 4 is 5.91 Å². The highest BCUT2D eigenvalue weighted by atomic mass is 16.2. The Morgan fingerprint density at radius 2 is 2.33 bits per heavy atom. The molecule has 0 rings (SSSR count). The second-order valence-corrected chi connectivity index (χ2v) is 2.41. The summed E-state index contributed by atoms with van der Waals surface area (Å²) in [5.41, 5.74) is 0. The first-order valence-electron chi connectivity index (χ1n) is 4.05. The van der Waals surface area contributed by atoms with E-state index >= 15 is 0 Å². The zero-order valence-electron chi connectivity index (χ0n) is 7.63. The number of nitrogens with one attached hydrogen (secondary N) is 1. The average molecular weight is 169 g/mol. The molecule has 12 heavy (non-hydrogen) atoms. The van der Waals surface area contributed by atoms with Gasteiger partial charge in [0.25, 0.3) is 0 Å². The Balaban J connectivity index is 3.80. The lowest BCUT2D eigenvalue weighted by Gasteiger charge is -2.18. The largest absolute Gasteiger partial charge is 0.341 e. The van der Waals surface area contributed by atoms with Gasteiger partial charge < -0.3 is 10.2 Å². The molecule has 4 nitrogen and oxygen atoms in total. The molecule has 0 aromatic carbocycles. The normalized spacial score (nSPS) is 9.08. The highest BCUT2D eigenvalue weighted by Gasteiger charge is 2.08. The van der Waals surface area contributed by atoms with Crippen molar-refractivity contribution in [3.63, 3.8) is 0 Å². The molecule has 0 heterocycles. The predicted octanol–water partition coefficient (Wildman–Crippen LogP) is -0.0320. The van der Waals surface area contributed by atoms with Gasteiger partial charge in [0.2, 0.25) is 5.91 Å². The molecule has 0 unspecified atom stereocenters. The summed E-state index contributed by atoms with van der Waals surface area (Å²) in [4.78, 5) is 12.9. The summed E-state index contributed by atoms with van der Waals surface area (Å²) < 4.78 is 0. The van der Waals surface area contributed by atoms with Gasteiger partial charge in [-0.05, 0) is 14.0 Å². The number of nitrogens with zero attached hydrogens (tertiary/aromatic N) is 2. The van der Waals surface area contributed by atoms with Crippen LogP contribution in [0.15, 0.2) is 0 Å². The van der Waals surface area contributed by atoms with Crippen LogP contribution in [0.2, 0.25) is 0 Å². The van der Waals surface area contributed by atoms with Crippen molar-refractivity contribution in [2.24, 2.45) is 0 Å². The number of amides is 1. The number of hydrogen-bond acceptors (Lipinski definition) is 3. The van der Waals surface area contributed by atoms with Crippen LogP contribution in [0.5, 0.6) is 0 Å². The van der Waals surface area contributed by atoms with Gasteiger partial charge in [0.05, 0.1) is 19.0 Å². The molecule has 0 aliphatic carbocycles. The number of hydrogen-bond donors (Lipinski definition) is 1. The summed E-state index contributed by atoms with van der Waals surface area (Å²) in [6.07, 6.45) is 0.406. The van der Waals surface area contributed by atoms with Gasteiger partial charge in [-0.3, -0.25) is 4.79 Å². The summed E-state index contributed by atoms with van der Waals surface area (Å²) in [7, 11) is 1.73. The van der Waals surface area contributed by atoms with Gasteiger partial charge in [0.1, 0.15) is 0 Å². The molecule has 1 N–H and O–H groups in total. The molecule has 0 saturated heterocycles. The van der Waals surface area contributed by atoms with Crippen LogP contribution in [0.25, 0.3) is 0 Å². The van der Waals surface area contributed by atoms with E-state index < -0.39 is 0 Å². The molecule has 0 radical (unpaired) electrons. The number of nitriles is 1. The fourth-order valence-electron chi connectivity index (χ4n) is 0.907. The van der Waals surface area contributed by atoms with Crippen LogP contribution in [0.4, 0.5) is 0 Å². The van der Waals surface area contributed by atoms with Crippen molar-refractivity contribution in [2.45, 2.75) is 13.3 Å². The van der Waals surface area contributed by atoms with Gasteiger partial charge in [0.15, 0.2) is 0 Å². The minimum atomic E-state index is 0.0512. The lowest BCUT2D eigenvalue weighted by Crippen LogP contribution is -2.37. The van der Waals surface area contributed by atoms with Crippen LogP contribution in [0, 0.1) is 11.3 Å². The molecule has 0 aliphatic rings. The molecule has 0 aromatic heterocycles. The van der Waals surface area contributed by atoms with Gasteiger partial charge in [-0.1, -0.05) is 0 Å². The van der Waals surface area contributed by atoms with Gasteiger partial charge in [-0.2, -0.15) is 5.26 Å². The molecule has 0 atom stereocenters. The molecular weight excluding hydrogens is 154 g/mol. The Morgan fingerprint density at radius 3 is 2.75 bits per heavy atom. The molecule has 0 fully saturated rings. The highest BCUT2D eigenvalue weighted by molar-refractivity contribution is 5.78. The van der Waals surface area contributed by atoms with E-state index in [9.17, 15) is 4.79 Å². The minimum absolute atomic E-state index is 0.0512. The molecule has 0 aromatic rings. The van der Waals surface area contributed by atoms with Crippen molar-refractivity contribution < 1.29 is 4.79 Å². The quantitative estimate of drug-likeness (QED) is 0.628. The smallest absolute Gasteiger partial charge is 0.236 e. The lowest BCUT2D eigenvalue weighted by molar-refractivity contribution is -0.129. The third-order valence-corrected chi connectivity index (χ3v) is 1.56. The van der Waals surface area contributed by atoms with Crippen LogP contribution in [-0.2, 0) is 4.79 Å². The maximum absolute atomic E-state index is 11.2. The monoisotopic (exact) mass is 169 g/mol. The topological polar surface area (TPSA) is 56.1 Å². The Labute approximate surface area is 73.2 Å². The van der Waals surface area contributed by atoms with Gasteiger partial charge in [-0.15, -0.1) is 0 Å². The number of likely N-dealkylation sites (N-methyl/N-ethyl adjacent to an activating group) is 2. The van der Waals surface area contributed by atoms with Crippen molar-refractivity contribution in [3.8, 4) is 6.07 Å². The summed E-state index contributed by atoms with van der Waals surface area (Å²) in [5, 5.41) is 11.1. The predicted molar refractivity (Wildman–Crippen MR) is 46.4 cm³/mol. The summed E-state index contributed by atoms with van der Waals surface area (Å²) >= 11 is 0. The van der Waals surface area contributed by atoms with Crippen molar-refractivity contribution in [2.75, 3.05) is 26.7 Å². The van der Waals surface area contributed by atoms with Crippen molar-refractivity contribution in [3.05, 3.63) is 0 Å². The third kappa shape index (κ3) is 3.94. The van der Waals surface area contributed by atoms with Crippen LogP contribution in [0.1, 0.15) is 13.3 Å². The maximum atomic E-state index is 11.2. The molecule has 0 bridgehead atoms. The fourth-order valence-corrected chi connectivity index (χ4v) is 0.907. The molecule has 4 heteroatoms. The van der Waals surface area contributed by atoms with Crippen molar-refractivity contribution in [1.82, 2.24) is 10.2 Å². The molecule has 0 aliphatic heterocycles. The Kier molecular flexibility index (Phi) is 6.02. The first-order valence-corrected chi connectivity index (χ1v) is 4.05. The Morgan fingerprint density at radius 1 is 1.67 bits per heavy atom. The SMILES string of the molecule is CCN(CCC#N)C(=O)CNC. The van der Waals surface area contributed by atoms with E-state index in [-0.39, 0.29) is 5.91 Å². The van der Waals surface area contributed by atoms with E-state index in [0.717, 1.165) is 0 Å². The molecule has 1 amide bonds. The maximum Gasteiger partial charge on any atom is 0.236 e. The Bertz CT molecular complexity index is 174. The zero-order valence-corrected chi connectivity index (χ0v) is 7.63. The van der Waals surface area contributed by atoms with E-state index in [1.165, 1.54) is 0 Å². The summed E-state index contributed by atoms with van der Waals surface area (Å²) in [6.45, 7) is 3.46. The van der Waals surface area contributed by atoms with Crippen LogP contribution in [0.3, 0.4) is 0 Å². The molecule has 68 valence electrons. The van der Waals surface area contributed by atoms with Gasteiger partial charge >= 0.3 is 0 Å². The standard InChI is InChI=1S/C8H15N3O/c1-3-11(6-4-5-9)8(12)7-10-2/h10H,3-4,6-7H2,1-2H3. The second-order valence-electron chi connectivity index (χ2n) is 2.41. The second kappa shape index (κ2) is 6.62. The van der Waals surface area contributed by atoms with Gasteiger partial charge in [-0.25, -0.2) is 0 Å². The first-order chi connectivity index (χ1) is 5.76. The molecule has 0 spiro atoms. The molecular formula is C8H15N3O. The number of carbonyl (C=O) groups excluding carboxylic acids is 1. The van der Waals surface area contributed by atoms with Crippen molar-refractivity contribution in [1.29, 1.82) is 5.26 Å². The van der Waals surface area contributed by atoms with E-state index in [1.54, 1.807) is 11.9 Å².